The molecule has 0 unspecified atom stereocenters. The van der Waals surface area contributed by atoms with E-state index in [0.29, 0.717) is 22.7 Å². The van der Waals surface area contributed by atoms with Crippen molar-refractivity contribution in [2.24, 2.45) is 10.9 Å². The average molecular weight is 294 g/mol. The topological polar surface area (TPSA) is 70.6 Å². The molecule has 0 aliphatic rings. The molecular formula is C14H13ClFN3O. The third-order valence-electron chi connectivity index (χ3n) is 2.70. The summed E-state index contributed by atoms with van der Waals surface area (Å²) < 4.78 is 13.5. The molecule has 0 aliphatic heterocycles. The van der Waals surface area contributed by atoms with E-state index >= 15 is 0 Å². The second kappa shape index (κ2) is 6.25. The van der Waals surface area contributed by atoms with Crippen LogP contribution in [-0.4, -0.2) is 11.0 Å². The minimum absolute atomic E-state index is 0.128. The van der Waals surface area contributed by atoms with Gasteiger partial charge in [-0.15, -0.1) is 0 Å². The van der Waals surface area contributed by atoms with Crippen LogP contribution in [0, 0.1) is 5.82 Å². The van der Waals surface area contributed by atoms with E-state index in [2.05, 4.69) is 10.5 Å². The van der Waals surface area contributed by atoms with Gasteiger partial charge in [0.1, 0.15) is 5.82 Å². The van der Waals surface area contributed by atoms with Gasteiger partial charge in [0.15, 0.2) is 5.84 Å². The summed E-state index contributed by atoms with van der Waals surface area (Å²) in [4.78, 5) is 0. The van der Waals surface area contributed by atoms with E-state index in [1.54, 1.807) is 18.2 Å². The number of nitrogens with two attached hydrogens (primary N) is 1. The molecule has 104 valence electrons. The van der Waals surface area contributed by atoms with Crippen LogP contribution < -0.4 is 11.1 Å². The number of amidine groups is 1. The number of rotatable bonds is 4. The van der Waals surface area contributed by atoms with Crippen molar-refractivity contribution >= 4 is 23.1 Å². The van der Waals surface area contributed by atoms with E-state index in [0.717, 1.165) is 5.69 Å². The van der Waals surface area contributed by atoms with Crippen molar-refractivity contribution < 1.29 is 9.60 Å². The van der Waals surface area contributed by atoms with Crippen molar-refractivity contribution in [2.75, 3.05) is 5.32 Å². The molecule has 0 amide bonds. The lowest BCUT2D eigenvalue weighted by molar-refractivity contribution is 0.318. The maximum absolute atomic E-state index is 13.5. The van der Waals surface area contributed by atoms with Crippen molar-refractivity contribution in [3.05, 3.63) is 64.4 Å². The van der Waals surface area contributed by atoms with Gasteiger partial charge in [0.25, 0.3) is 0 Å². The Morgan fingerprint density at radius 2 is 1.95 bits per heavy atom. The molecule has 0 heterocycles. The second-order valence-electron chi connectivity index (χ2n) is 4.19. The first-order valence-electron chi connectivity index (χ1n) is 5.85. The van der Waals surface area contributed by atoms with Crippen molar-refractivity contribution in [3.8, 4) is 0 Å². The Kier molecular flexibility index (Phi) is 4.42. The van der Waals surface area contributed by atoms with Gasteiger partial charge in [-0.3, -0.25) is 0 Å². The van der Waals surface area contributed by atoms with E-state index in [1.807, 2.05) is 12.1 Å². The molecule has 0 spiro atoms. The molecule has 6 heteroatoms. The van der Waals surface area contributed by atoms with Crippen molar-refractivity contribution in [1.82, 2.24) is 0 Å². The normalized spacial score (nSPS) is 11.4. The first-order chi connectivity index (χ1) is 9.58. The Morgan fingerprint density at radius 1 is 1.25 bits per heavy atom. The predicted molar refractivity (Wildman–Crippen MR) is 77.7 cm³/mol. The quantitative estimate of drug-likeness (QED) is 0.351. The molecule has 0 fully saturated rings. The van der Waals surface area contributed by atoms with Crippen LogP contribution >= 0.6 is 11.6 Å². The third kappa shape index (κ3) is 3.61. The fourth-order valence-corrected chi connectivity index (χ4v) is 1.86. The predicted octanol–water partition coefficient (Wildman–Crippen LogP) is 3.19. The highest BCUT2D eigenvalue weighted by molar-refractivity contribution is 6.30. The first-order valence-corrected chi connectivity index (χ1v) is 6.23. The molecule has 4 N–H and O–H groups in total. The Balaban J connectivity index is 2.13. The highest BCUT2D eigenvalue weighted by Crippen LogP contribution is 2.15. The van der Waals surface area contributed by atoms with Crippen LogP contribution in [0.1, 0.15) is 11.1 Å². The Morgan fingerprint density at radius 3 is 2.60 bits per heavy atom. The van der Waals surface area contributed by atoms with Crippen molar-refractivity contribution in [2.45, 2.75) is 6.54 Å². The van der Waals surface area contributed by atoms with Crippen LogP contribution in [0.3, 0.4) is 0 Å². The average Bonchev–Trinajstić information content (AvgIpc) is 2.45. The maximum Gasteiger partial charge on any atom is 0.170 e. The van der Waals surface area contributed by atoms with Gasteiger partial charge in [-0.2, -0.15) is 0 Å². The van der Waals surface area contributed by atoms with Crippen LogP contribution in [0.5, 0.6) is 0 Å². The van der Waals surface area contributed by atoms with Crippen molar-refractivity contribution in [1.29, 1.82) is 0 Å². The van der Waals surface area contributed by atoms with Crippen LogP contribution in [-0.2, 0) is 6.54 Å². The van der Waals surface area contributed by atoms with E-state index in [-0.39, 0.29) is 5.84 Å². The minimum atomic E-state index is -0.443. The second-order valence-corrected chi connectivity index (χ2v) is 4.63. The van der Waals surface area contributed by atoms with Gasteiger partial charge in [-0.25, -0.2) is 4.39 Å². The number of halogens is 2. The standard InChI is InChI=1S/C14H13ClFN3O/c15-11-1-3-13(4-2-11)18-8-9-5-10(14(17)19-20)7-12(16)6-9/h1-7,18,20H,8H2,(H2,17,19). The molecule has 2 aromatic rings. The van der Waals surface area contributed by atoms with E-state index in [4.69, 9.17) is 22.5 Å². The Hall–Kier alpha value is -2.27. The maximum atomic E-state index is 13.5. The fraction of sp³-hybridized carbons (Fsp3) is 0.0714. The van der Waals surface area contributed by atoms with Gasteiger partial charge in [0, 0.05) is 22.8 Å². The van der Waals surface area contributed by atoms with Gasteiger partial charge in [0.2, 0.25) is 0 Å². The fourth-order valence-electron chi connectivity index (χ4n) is 1.73. The lowest BCUT2D eigenvalue weighted by Crippen LogP contribution is -2.14. The summed E-state index contributed by atoms with van der Waals surface area (Å²) in [5.41, 5.74) is 7.33. The zero-order valence-electron chi connectivity index (χ0n) is 10.5. The summed E-state index contributed by atoms with van der Waals surface area (Å²) in [6.45, 7) is 0.408. The molecule has 0 saturated heterocycles. The number of benzene rings is 2. The number of nitrogens with one attached hydrogen (secondary N) is 1. The van der Waals surface area contributed by atoms with Gasteiger partial charge in [-0.1, -0.05) is 16.8 Å². The molecule has 2 rings (SSSR count). The number of hydrogen-bond acceptors (Lipinski definition) is 3. The lowest BCUT2D eigenvalue weighted by atomic mass is 10.1. The molecule has 0 radical (unpaired) electrons. The Labute approximate surface area is 120 Å². The summed E-state index contributed by atoms with van der Waals surface area (Å²) in [5.74, 6) is -0.570. The largest absolute Gasteiger partial charge is 0.409 e. The van der Waals surface area contributed by atoms with Crippen LogP contribution in [0.2, 0.25) is 5.02 Å². The Bertz CT molecular complexity index is 629. The van der Waals surface area contributed by atoms with E-state index < -0.39 is 5.82 Å². The smallest absolute Gasteiger partial charge is 0.170 e. The van der Waals surface area contributed by atoms with Gasteiger partial charge in [0.05, 0.1) is 0 Å². The summed E-state index contributed by atoms with van der Waals surface area (Å²) in [6.07, 6.45) is 0. The molecule has 0 aliphatic carbocycles. The van der Waals surface area contributed by atoms with E-state index in [9.17, 15) is 4.39 Å². The summed E-state index contributed by atoms with van der Waals surface area (Å²) in [7, 11) is 0. The summed E-state index contributed by atoms with van der Waals surface area (Å²) in [5, 5.41) is 15.3. The van der Waals surface area contributed by atoms with Crippen LogP contribution in [0.4, 0.5) is 10.1 Å². The number of oxime groups is 1. The molecule has 4 nitrogen and oxygen atoms in total. The number of anilines is 1. The van der Waals surface area contributed by atoms with Crippen LogP contribution in [0.15, 0.2) is 47.6 Å². The van der Waals surface area contributed by atoms with Gasteiger partial charge in [-0.05, 0) is 48.0 Å². The van der Waals surface area contributed by atoms with E-state index in [1.165, 1.54) is 12.1 Å². The third-order valence-corrected chi connectivity index (χ3v) is 2.95. The molecule has 2 aromatic carbocycles. The SMILES string of the molecule is N/C(=N/O)c1cc(F)cc(CNc2ccc(Cl)cc2)c1. The molecule has 0 atom stereocenters. The molecular weight excluding hydrogens is 281 g/mol. The zero-order chi connectivity index (χ0) is 14.5. The number of hydrogen-bond donors (Lipinski definition) is 3. The first kappa shape index (κ1) is 14.1. The zero-order valence-corrected chi connectivity index (χ0v) is 11.2. The minimum Gasteiger partial charge on any atom is -0.409 e. The van der Waals surface area contributed by atoms with Crippen LogP contribution in [0.25, 0.3) is 0 Å². The monoisotopic (exact) mass is 293 g/mol. The summed E-state index contributed by atoms with van der Waals surface area (Å²) in [6, 6.07) is 11.4. The lowest BCUT2D eigenvalue weighted by Gasteiger charge is -2.08. The van der Waals surface area contributed by atoms with Crippen molar-refractivity contribution in [3.63, 3.8) is 0 Å². The number of nitrogens with zero attached hydrogens (tertiary/aromatic N) is 1. The molecule has 0 aromatic heterocycles. The highest BCUT2D eigenvalue weighted by Gasteiger charge is 2.05. The van der Waals surface area contributed by atoms with Gasteiger partial charge >= 0.3 is 0 Å². The van der Waals surface area contributed by atoms with Gasteiger partial charge < -0.3 is 16.3 Å². The molecule has 20 heavy (non-hydrogen) atoms. The molecule has 0 saturated carbocycles. The summed E-state index contributed by atoms with van der Waals surface area (Å²) >= 11 is 5.79. The highest BCUT2D eigenvalue weighted by atomic mass is 35.5. The molecule has 0 bridgehead atoms.